The van der Waals surface area contributed by atoms with Gasteiger partial charge in [0.25, 0.3) is 10.2 Å². The summed E-state index contributed by atoms with van der Waals surface area (Å²) in [6.07, 6.45) is 4.82. The molecule has 19 heavy (non-hydrogen) atoms. The smallest absolute Gasteiger partial charge is 0.279 e. The van der Waals surface area contributed by atoms with Gasteiger partial charge in [-0.25, -0.2) is 0 Å². The lowest BCUT2D eigenvalue weighted by molar-refractivity contribution is 0.279. The normalized spacial score (nSPS) is 21.1. The Hall–Kier alpha value is -0.170. The first-order chi connectivity index (χ1) is 8.77. The maximum atomic E-state index is 12.4. The number of nitrogens with two attached hydrogens (primary N) is 1. The van der Waals surface area contributed by atoms with Gasteiger partial charge < -0.3 is 5.73 Å². The predicted octanol–water partition coefficient (Wildman–Crippen LogP) is 1.46. The molecule has 1 heterocycles. The number of rotatable bonds is 5. The van der Waals surface area contributed by atoms with Crippen LogP contribution in [-0.4, -0.2) is 38.4 Å². The molecule has 0 aromatic carbocycles. The van der Waals surface area contributed by atoms with Gasteiger partial charge in [0.15, 0.2) is 0 Å². The van der Waals surface area contributed by atoms with Crippen molar-refractivity contribution in [1.29, 1.82) is 0 Å². The van der Waals surface area contributed by atoms with Crippen LogP contribution in [0.25, 0.3) is 0 Å². The van der Waals surface area contributed by atoms with Crippen LogP contribution in [0, 0.1) is 5.41 Å². The molecule has 0 radical (unpaired) electrons. The van der Waals surface area contributed by atoms with Gasteiger partial charge in [0, 0.05) is 19.1 Å². The lowest BCUT2D eigenvalue weighted by Crippen LogP contribution is -2.50. The first kappa shape index (κ1) is 16.9. The van der Waals surface area contributed by atoms with Gasteiger partial charge in [-0.2, -0.15) is 17.4 Å². The summed E-state index contributed by atoms with van der Waals surface area (Å²) < 4.78 is 29.3. The van der Waals surface area contributed by atoms with Crippen molar-refractivity contribution in [3.8, 4) is 0 Å². The van der Waals surface area contributed by atoms with E-state index in [4.69, 9.17) is 5.73 Å². The fourth-order valence-electron chi connectivity index (χ4n) is 2.37. The monoisotopic (exact) mass is 291 g/mol. The van der Waals surface area contributed by atoms with Gasteiger partial charge in [-0.1, -0.05) is 33.6 Å². The predicted molar refractivity (Wildman–Crippen MR) is 79.0 cm³/mol. The Kier molecular flexibility index (Phi) is 6.23. The van der Waals surface area contributed by atoms with Crippen molar-refractivity contribution < 1.29 is 8.42 Å². The Bertz CT molecular complexity index is 355. The van der Waals surface area contributed by atoms with Crippen LogP contribution < -0.4 is 10.5 Å². The van der Waals surface area contributed by atoms with Crippen molar-refractivity contribution in [3.63, 3.8) is 0 Å². The highest BCUT2D eigenvalue weighted by molar-refractivity contribution is 7.87. The van der Waals surface area contributed by atoms with Crippen molar-refractivity contribution in [2.75, 3.05) is 19.6 Å². The lowest BCUT2D eigenvalue weighted by Gasteiger charge is -2.33. The fraction of sp³-hybridized carbons (Fsp3) is 1.00. The highest BCUT2D eigenvalue weighted by Gasteiger charge is 2.31. The highest BCUT2D eigenvalue weighted by atomic mass is 32.2. The third-order valence-corrected chi connectivity index (χ3v) is 5.32. The summed E-state index contributed by atoms with van der Waals surface area (Å²) in [6.45, 7) is 7.88. The SMILES string of the molecule is CC(C)(C)C(CCN)NS(=O)(=O)N1CCCCCC1. The molecule has 1 atom stereocenters. The minimum absolute atomic E-state index is 0.120. The van der Waals surface area contributed by atoms with Crippen LogP contribution >= 0.6 is 0 Å². The molecule has 0 aliphatic carbocycles. The number of nitrogens with zero attached hydrogens (tertiary/aromatic N) is 1. The summed E-state index contributed by atoms with van der Waals surface area (Å²) >= 11 is 0. The molecule has 1 fully saturated rings. The van der Waals surface area contributed by atoms with Gasteiger partial charge >= 0.3 is 0 Å². The molecule has 0 spiro atoms. The van der Waals surface area contributed by atoms with Gasteiger partial charge in [-0.3, -0.25) is 0 Å². The average molecular weight is 291 g/mol. The zero-order valence-corrected chi connectivity index (χ0v) is 13.3. The highest BCUT2D eigenvalue weighted by Crippen LogP contribution is 2.23. The van der Waals surface area contributed by atoms with Crippen molar-refractivity contribution >= 4 is 10.2 Å². The summed E-state index contributed by atoms with van der Waals surface area (Å²) in [6, 6.07) is -0.120. The maximum Gasteiger partial charge on any atom is 0.279 e. The van der Waals surface area contributed by atoms with Crippen LogP contribution in [0.15, 0.2) is 0 Å². The molecule has 0 aromatic rings. The second-order valence-corrected chi connectivity index (χ2v) is 8.13. The van der Waals surface area contributed by atoms with Gasteiger partial charge in [0.05, 0.1) is 0 Å². The van der Waals surface area contributed by atoms with E-state index in [1.54, 1.807) is 4.31 Å². The van der Waals surface area contributed by atoms with Crippen LogP contribution in [0.4, 0.5) is 0 Å². The molecule has 1 saturated heterocycles. The number of hydrogen-bond acceptors (Lipinski definition) is 3. The molecule has 1 aliphatic heterocycles. The zero-order valence-electron chi connectivity index (χ0n) is 12.5. The third-order valence-electron chi connectivity index (χ3n) is 3.70. The summed E-state index contributed by atoms with van der Waals surface area (Å²) in [5.41, 5.74) is 5.47. The molecule has 0 amide bonds. The van der Waals surface area contributed by atoms with E-state index in [-0.39, 0.29) is 11.5 Å². The number of hydrogen-bond donors (Lipinski definition) is 2. The van der Waals surface area contributed by atoms with Crippen LogP contribution in [0.3, 0.4) is 0 Å². The molecule has 0 saturated carbocycles. The molecular formula is C13H29N3O2S. The van der Waals surface area contributed by atoms with Crippen molar-refractivity contribution in [2.45, 2.75) is 58.9 Å². The summed E-state index contributed by atoms with van der Waals surface area (Å²) in [7, 11) is -3.38. The van der Waals surface area contributed by atoms with Crippen LogP contribution in [-0.2, 0) is 10.2 Å². The molecule has 0 aromatic heterocycles. The summed E-state index contributed by atoms with van der Waals surface area (Å²) in [5.74, 6) is 0. The van der Waals surface area contributed by atoms with Crippen molar-refractivity contribution in [2.24, 2.45) is 11.1 Å². The molecule has 6 heteroatoms. The Labute approximate surface area is 118 Å². The van der Waals surface area contributed by atoms with E-state index in [2.05, 4.69) is 4.72 Å². The van der Waals surface area contributed by atoms with Crippen LogP contribution in [0.5, 0.6) is 0 Å². The van der Waals surface area contributed by atoms with E-state index in [0.717, 1.165) is 25.7 Å². The fourth-order valence-corrected chi connectivity index (χ4v) is 4.09. The van der Waals surface area contributed by atoms with Gasteiger partial charge in [0.2, 0.25) is 0 Å². The van der Waals surface area contributed by atoms with E-state index >= 15 is 0 Å². The van der Waals surface area contributed by atoms with E-state index < -0.39 is 10.2 Å². The molecule has 114 valence electrons. The minimum atomic E-state index is -3.38. The second-order valence-electron chi connectivity index (χ2n) is 6.43. The van der Waals surface area contributed by atoms with Gasteiger partial charge in [0.1, 0.15) is 0 Å². The zero-order chi connectivity index (χ0) is 14.5. The largest absolute Gasteiger partial charge is 0.330 e. The Morgan fingerprint density at radius 2 is 1.68 bits per heavy atom. The van der Waals surface area contributed by atoms with E-state index in [9.17, 15) is 8.42 Å². The van der Waals surface area contributed by atoms with Crippen molar-refractivity contribution in [3.05, 3.63) is 0 Å². The van der Waals surface area contributed by atoms with E-state index in [1.807, 2.05) is 20.8 Å². The minimum Gasteiger partial charge on any atom is -0.330 e. The molecule has 3 N–H and O–H groups in total. The topological polar surface area (TPSA) is 75.4 Å². The molecule has 1 rings (SSSR count). The first-order valence-electron chi connectivity index (χ1n) is 7.25. The van der Waals surface area contributed by atoms with Crippen LogP contribution in [0.1, 0.15) is 52.9 Å². The maximum absolute atomic E-state index is 12.4. The second kappa shape index (κ2) is 7.02. The standard InChI is InChI=1S/C13H29N3O2S/c1-13(2,3)12(8-9-14)15-19(17,18)16-10-6-4-5-7-11-16/h12,15H,4-11,14H2,1-3H3. The summed E-state index contributed by atoms with van der Waals surface area (Å²) in [5, 5.41) is 0. The van der Waals surface area contributed by atoms with Crippen molar-refractivity contribution in [1.82, 2.24) is 9.03 Å². The lowest BCUT2D eigenvalue weighted by atomic mass is 9.85. The Morgan fingerprint density at radius 3 is 2.11 bits per heavy atom. The summed E-state index contributed by atoms with van der Waals surface area (Å²) in [4.78, 5) is 0. The molecule has 0 bridgehead atoms. The van der Waals surface area contributed by atoms with E-state index in [1.165, 1.54) is 0 Å². The quantitative estimate of drug-likeness (QED) is 0.805. The van der Waals surface area contributed by atoms with Crippen LogP contribution in [0.2, 0.25) is 0 Å². The molecular weight excluding hydrogens is 262 g/mol. The first-order valence-corrected chi connectivity index (χ1v) is 8.69. The Morgan fingerprint density at radius 1 is 1.16 bits per heavy atom. The number of nitrogens with one attached hydrogen (secondary N) is 1. The third kappa shape index (κ3) is 5.38. The van der Waals surface area contributed by atoms with Gasteiger partial charge in [-0.15, -0.1) is 0 Å². The Balaban J connectivity index is 2.75. The molecule has 5 nitrogen and oxygen atoms in total. The molecule has 1 unspecified atom stereocenters. The average Bonchev–Trinajstić information content (AvgIpc) is 2.55. The van der Waals surface area contributed by atoms with Gasteiger partial charge in [-0.05, 0) is 31.2 Å². The van der Waals surface area contributed by atoms with E-state index in [0.29, 0.717) is 26.1 Å². The molecule has 1 aliphatic rings.